The summed E-state index contributed by atoms with van der Waals surface area (Å²) in [5, 5.41) is 6.50. The van der Waals surface area contributed by atoms with Gasteiger partial charge in [-0.15, -0.1) is 0 Å². The number of unbranched alkanes of at least 4 members (excludes halogenated alkanes) is 2. The molecule has 0 aromatic heterocycles. The molecule has 43 heavy (non-hydrogen) atoms. The van der Waals surface area contributed by atoms with Gasteiger partial charge in [-0.2, -0.15) is 0 Å². The van der Waals surface area contributed by atoms with Crippen molar-refractivity contribution in [3.63, 3.8) is 0 Å². The maximum absolute atomic E-state index is 12.4. The summed E-state index contributed by atoms with van der Waals surface area (Å²) in [6.45, 7) is 31.5. The lowest BCUT2D eigenvalue weighted by atomic mass is 9.99. The summed E-state index contributed by atoms with van der Waals surface area (Å²) in [5.41, 5.74) is 3.03. The van der Waals surface area contributed by atoms with Crippen LogP contribution in [0, 0.1) is 5.92 Å². The Morgan fingerprint density at radius 1 is 0.930 bits per heavy atom. The van der Waals surface area contributed by atoms with Crippen LogP contribution >= 0.6 is 0 Å². The van der Waals surface area contributed by atoms with Crippen molar-refractivity contribution in [2.45, 2.75) is 107 Å². The monoisotopic (exact) mass is 601 g/mol. The van der Waals surface area contributed by atoms with E-state index in [1.165, 1.54) is 38.8 Å². The molecule has 1 aliphatic carbocycles. The van der Waals surface area contributed by atoms with Gasteiger partial charge in [0.2, 0.25) is 0 Å². The zero-order valence-corrected chi connectivity index (χ0v) is 29.5. The summed E-state index contributed by atoms with van der Waals surface area (Å²) in [5.74, 6) is 1.11. The third kappa shape index (κ3) is 30.6. The zero-order valence-electron chi connectivity index (χ0n) is 29.5. The van der Waals surface area contributed by atoms with Gasteiger partial charge in [-0.1, -0.05) is 89.6 Å². The average molecular weight is 601 g/mol. The summed E-state index contributed by atoms with van der Waals surface area (Å²) in [6.07, 6.45) is 23.5. The fourth-order valence-corrected chi connectivity index (χ4v) is 3.64. The Morgan fingerprint density at radius 3 is 1.93 bits per heavy atom. The molecule has 0 spiro atoms. The first kappa shape index (κ1) is 44.8. The van der Waals surface area contributed by atoms with Crippen molar-refractivity contribution in [3.05, 3.63) is 84.4 Å². The van der Waals surface area contributed by atoms with Crippen LogP contribution in [0.4, 0.5) is 0 Å². The summed E-state index contributed by atoms with van der Waals surface area (Å²) in [6, 6.07) is 0. The molecular formula is C38H68N2O3. The Hall–Kier alpha value is -2.63. The SMILES string of the molecule is C/C=C\C(/C=C1\CC/C(=C\C(C)=C\C)C1=O)C/C=C/OCC.C=CC(=C)OCC.CCCCNCC.CCCCNCC. The van der Waals surface area contributed by atoms with Gasteiger partial charge in [-0.05, 0) is 117 Å². The number of allylic oxidation sites excluding steroid dienone is 10. The van der Waals surface area contributed by atoms with E-state index in [0.717, 1.165) is 49.1 Å². The van der Waals surface area contributed by atoms with Crippen LogP contribution in [-0.4, -0.2) is 45.2 Å². The highest BCUT2D eigenvalue weighted by Crippen LogP contribution is 2.29. The van der Waals surface area contributed by atoms with Crippen LogP contribution in [0.15, 0.2) is 84.4 Å². The Balaban J connectivity index is -0.000000619. The van der Waals surface area contributed by atoms with Gasteiger partial charge < -0.3 is 20.1 Å². The van der Waals surface area contributed by atoms with Crippen molar-refractivity contribution in [3.8, 4) is 0 Å². The quantitative estimate of drug-likeness (QED) is 0.0539. The Morgan fingerprint density at radius 2 is 1.51 bits per heavy atom. The van der Waals surface area contributed by atoms with Gasteiger partial charge in [-0.3, -0.25) is 4.79 Å². The largest absolute Gasteiger partial charge is 0.502 e. The first-order valence-corrected chi connectivity index (χ1v) is 16.6. The number of carbonyl (C=O) groups excluding carboxylic acids is 1. The van der Waals surface area contributed by atoms with E-state index in [1.54, 1.807) is 12.3 Å². The molecule has 1 rings (SSSR count). The summed E-state index contributed by atoms with van der Waals surface area (Å²) in [7, 11) is 0. The number of nitrogens with one attached hydrogen (secondary N) is 2. The van der Waals surface area contributed by atoms with Gasteiger partial charge in [-0.25, -0.2) is 0 Å². The van der Waals surface area contributed by atoms with Crippen molar-refractivity contribution < 1.29 is 14.3 Å². The molecule has 1 aliphatic rings. The number of ether oxygens (including phenoxy) is 2. The van der Waals surface area contributed by atoms with Crippen molar-refractivity contribution >= 4 is 5.78 Å². The fraction of sp³-hybridized carbons (Fsp3) is 0.605. The van der Waals surface area contributed by atoms with E-state index in [9.17, 15) is 4.79 Å². The normalized spacial score (nSPS) is 15.4. The Kier molecular flexibility index (Phi) is 37.1. The maximum atomic E-state index is 12.4. The van der Waals surface area contributed by atoms with Crippen LogP contribution in [-0.2, 0) is 14.3 Å². The number of rotatable bonds is 18. The number of hydrogen-bond donors (Lipinski definition) is 2. The molecule has 0 aliphatic heterocycles. The molecule has 0 amide bonds. The average Bonchev–Trinajstić information content (AvgIpc) is 3.34. The topological polar surface area (TPSA) is 59.6 Å². The minimum Gasteiger partial charge on any atom is -0.502 e. The highest BCUT2D eigenvalue weighted by atomic mass is 16.5. The fourth-order valence-electron chi connectivity index (χ4n) is 3.64. The summed E-state index contributed by atoms with van der Waals surface area (Å²) >= 11 is 0. The molecule has 0 radical (unpaired) electrons. The first-order valence-electron chi connectivity index (χ1n) is 16.6. The van der Waals surface area contributed by atoms with Gasteiger partial charge >= 0.3 is 0 Å². The number of Topliss-reactive ketones (excluding diaryl/α,β-unsaturated/α-hetero) is 1. The summed E-state index contributed by atoms with van der Waals surface area (Å²) < 4.78 is 10.1. The van der Waals surface area contributed by atoms with E-state index in [-0.39, 0.29) is 11.7 Å². The molecule has 1 saturated carbocycles. The molecule has 1 fully saturated rings. The van der Waals surface area contributed by atoms with E-state index in [0.29, 0.717) is 19.0 Å². The van der Waals surface area contributed by atoms with Gasteiger partial charge in [0.1, 0.15) is 5.76 Å². The van der Waals surface area contributed by atoms with Crippen LogP contribution < -0.4 is 10.6 Å². The second-order valence-corrected chi connectivity index (χ2v) is 9.99. The molecule has 0 bridgehead atoms. The van der Waals surface area contributed by atoms with Gasteiger partial charge in [0.15, 0.2) is 5.78 Å². The predicted octanol–water partition coefficient (Wildman–Crippen LogP) is 9.82. The minimum atomic E-state index is 0.212. The Labute approximate surface area is 267 Å². The summed E-state index contributed by atoms with van der Waals surface area (Å²) in [4.78, 5) is 12.4. The van der Waals surface area contributed by atoms with E-state index < -0.39 is 0 Å². The van der Waals surface area contributed by atoms with Crippen LogP contribution in [0.25, 0.3) is 0 Å². The van der Waals surface area contributed by atoms with Crippen LogP contribution in [0.3, 0.4) is 0 Å². The highest BCUT2D eigenvalue weighted by Gasteiger charge is 2.23. The molecule has 5 nitrogen and oxygen atoms in total. The molecule has 0 aromatic carbocycles. The first-order chi connectivity index (χ1) is 20.8. The van der Waals surface area contributed by atoms with Crippen LogP contribution in [0.1, 0.15) is 107 Å². The van der Waals surface area contributed by atoms with E-state index in [2.05, 4.69) is 63.6 Å². The van der Waals surface area contributed by atoms with E-state index in [1.807, 2.05) is 58.9 Å². The lowest BCUT2D eigenvalue weighted by Crippen LogP contribution is -2.13. The van der Waals surface area contributed by atoms with Crippen molar-refractivity contribution in [1.29, 1.82) is 0 Å². The molecule has 1 atom stereocenters. The number of carbonyl (C=O) groups is 1. The second-order valence-electron chi connectivity index (χ2n) is 9.99. The van der Waals surface area contributed by atoms with Crippen molar-refractivity contribution in [2.24, 2.45) is 5.92 Å². The van der Waals surface area contributed by atoms with Crippen molar-refractivity contribution in [2.75, 3.05) is 39.4 Å². The molecular weight excluding hydrogens is 532 g/mol. The lowest BCUT2D eigenvalue weighted by molar-refractivity contribution is -0.111. The van der Waals surface area contributed by atoms with Crippen LogP contribution in [0.5, 0.6) is 0 Å². The van der Waals surface area contributed by atoms with E-state index >= 15 is 0 Å². The molecule has 248 valence electrons. The highest BCUT2D eigenvalue weighted by molar-refractivity contribution is 6.10. The maximum Gasteiger partial charge on any atom is 0.184 e. The van der Waals surface area contributed by atoms with Crippen LogP contribution in [0.2, 0.25) is 0 Å². The van der Waals surface area contributed by atoms with Crippen molar-refractivity contribution in [1.82, 2.24) is 10.6 Å². The predicted molar refractivity (Wildman–Crippen MR) is 191 cm³/mol. The third-order valence-electron chi connectivity index (χ3n) is 6.20. The standard InChI is InChI=1S/C20H28O2.2C6H15N.C6H10O/c1-5-9-17(10-8-13-22-7-3)15-19-12-11-18(20(19)21)14-16(4)6-2;2*1-3-5-6-7-4-2;1-4-6(3)7-5-2/h5-6,8-9,13-15,17H,7,10-12H2,1-4H3;2*7H,3-6H2,1-2H3;4H,1,3,5H2,2H3/b9-5-,13-8+,16-6+,18-14+,19-15+;;;. The number of hydrogen-bond acceptors (Lipinski definition) is 5. The molecule has 0 saturated heterocycles. The number of ketones is 1. The minimum absolute atomic E-state index is 0.212. The molecule has 5 heteroatoms. The molecule has 0 heterocycles. The van der Waals surface area contributed by atoms with Gasteiger partial charge in [0, 0.05) is 5.57 Å². The second kappa shape index (κ2) is 35.6. The molecule has 1 unspecified atom stereocenters. The van der Waals surface area contributed by atoms with Gasteiger partial charge in [0.05, 0.1) is 19.5 Å². The molecule has 2 N–H and O–H groups in total. The zero-order chi connectivity index (χ0) is 33.1. The Bertz CT molecular complexity index is 816. The lowest BCUT2D eigenvalue weighted by Gasteiger charge is -2.06. The smallest absolute Gasteiger partial charge is 0.184 e. The van der Waals surface area contributed by atoms with E-state index in [4.69, 9.17) is 9.47 Å². The third-order valence-corrected chi connectivity index (χ3v) is 6.20. The molecule has 0 aromatic rings. The van der Waals surface area contributed by atoms with Gasteiger partial charge in [0.25, 0.3) is 0 Å².